The molecule has 0 spiro atoms. The molecule has 2 heterocycles. The first kappa shape index (κ1) is 18.1. The number of nitro groups is 1. The van der Waals surface area contributed by atoms with Gasteiger partial charge in [0.25, 0.3) is 5.69 Å². The Morgan fingerprint density at radius 2 is 2.19 bits per heavy atom. The number of piperidine rings is 1. The smallest absolute Gasteiger partial charge is 0.293 e. The van der Waals surface area contributed by atoms with Crippen LogP contribution in [0.3, 0.4) is 0 Å². The number of ether oxygens (including phenoxy) is 1. The van der Waals surface area contributed by atoms with E-state index in [1.54, 1.807) is 24.3 Å². The van der Waals surface area contributed by atoms with E-state index >= 15 is 0 Å². The highest BCUT2D eigenvalue weighted by Gasteiger charge is 2.27. The summed E-state index contributed by atoms with van der Waals surface area (Å²) >= 11 is 5.83. The Balaban J connectivity index is 1.79. The molecule has 1 aliphatic heterocycles. The Hall–Kier alpha value is -2.67. The van der Waals surface area contributed by atoms with E-state index in [4.69, 9.17) is 16.3 Å². The summed E-state index contributed by atoms with van der Waals surface area (Å²) in [4.78, 5) is 28.6. The number of hydrogen-bond donors (Lipinski definition) is 0. The minimum absolute atomic E-state index is 0.0667. The first-order chi connectivity index (χ1) is 12.4. The molecule has 0 bridgehead atoms. The van der Waals surface area contributed by atoms with Crippen molar-refractivity contribution in [2.75, 3.05) is 18.0 Å². The number of carbonyl (C=O) groups is 1. The largest absolute Gasteiger partial charge is 0.472 e. The monoisotopic (exact) mass is 375 g/mol. The van der Waals surface area contributed by atoms with Crippen LogP contribution >= 0.6 is 11.6 Å². The number of nitrogens with zero attached hydrogens (tertiary/aromatic N) is 3. The molecule has 26 heavy (non-hydrogen) atoms. The van der Waals surface area contributed by atoms with Crippen molar-refractivity contribution in [3.63, 3.8) is 0 Å². The van der Waals surface area contributed by atoms with E-state index in [1.807, 2.05) is 4.90 Å². The van der Waals surface area contributed by atoms with E-state index < -0.39 is 4.92 Å². The molecule has 0 saturated carbocycles. The second kappa shape index (κ2) is 7.70. The summed E-state index contributed by atoms with van der Waals surface area (Å²) in [6.45, 7) is 2.58. The number of anilines is 1. The molecule has 136 valence electrons. The van der Waals surface area contributed by atoms with Gasteiger partial charge in [-0.25, -0.2) is 4.98 Å². The molecule has 1 aromatic carbocycles. The van der Waals surface area contributed by atoms with Gasteiger partial charge in [-0.1, -0.05) is 11.6 Å². The lowest BCUT2D eigenvalue weighted by molar-refractivity contribution is -0.384. The summed E-state index contributed by atoms with van der Waals surface area (Å²) in [7, 11) is 0. The first-order valence-corrected chi connectivity index (χ1v) is 8.64. The van der Waals surface area contributed by atoms with Crippen LogP contribution in [-0.4, -0.2) is 34.9 Å². The van der Waals surface area contributed by atoms with E-state index in [9.17, 15) is 14.9 Å². The molecule has 0 radical (unpaired) electrons. The van der Waals surface area contributed by atoms with Gasteiger partial charge in [-0.15, -0.1) is 0 Å². The lowest BCUT2D eigenvalue weighted by atomic mass is 10.0. The Kier molecular flexibility index (Phi) is 5.37. The molecule has 1 aromatic heterocycles. The van der Waals surface area contributed by atoms with Crippen LogP contribution in [0.2, 0.25) is 5.02 Å². The number of ketones is 1. The molecule has 1 unspecified atom stereocenters. The minimum atomic E-state index is -0.451. The lowest BCUT2D eigenvalue weighted by Crippen LogP contribution is -2.41. The standard InChI is InChI=1S/C18H18ClN3O4/c1-12(23)13-4-6-16(17(9-13)22(24)25)21-8-2-3-15(11-21)26-18-7-5-14(19)10-20-18/h4-7,9-10,15H,2-3,8,11H2,1H3. The second-order valence-corrected chi connectivity index (χ2v) is 6.60. The fraction of sp³-hybridized carbons (Fsp3) is 0.333. The second-order valence-electron chi connectivity index (χ2n) is 6.16. The van der Waals surface area contributed by atoms with Crippen LogP contribution in [0.1, 0.15) is 30.1 Å². The predicted octanol–water partition coefficient (Wildman–Crippen LogP) is 3.89. The van der Waals surface area contributed by atoms with Gasteiger partial charge in [-0.05, 0) is 38.0 Å². The van der Waals surface area contributed by atoms with E-state index in [1.165, 1.54) is 19.2 Å². The van der Waals surface area contributed by atoms with Crippen molar-refractivity contribution >= 4 is 28.8 Å². The summed E-state index contributed by atoms with van der Waals surface area (Å²) in [6, 6.07) is 8.00. The Labute approximate surface area is 155 Å². The molecule has 3 rings (SSSR count). The molecule has 1 fully saturated rings. The van der Waals surface area contributed by atoms with Crippen molar-refractivity contribution in [1.82, 2.24) is 4.98 Å². The van der Waals surface area contributed by atoms with Crippen molar-refractivity contribution in [3.8, 4) is 5.88 Å². The summed E-state index contributed by atoms with van der Waals surface area (Å²) < 4.78 is 5.89. The number of hydrogen-bond acceptors (Lipinski definition) is 6. The quantitative estimate of drug-likeness (QED) is 0.447. The molecule has 0 N–H and O–H groups in total. The van der Waals surface area contributed by atoms with Crippen LogP contribution in [0.4, 0.5) is 11.4 Å². The zero-order valence-electron chi connectivity index (χ0n) is 14.2. The van der Waals surface area contributed by atoms with Gasteiger partial charge in [0.2, 0.25) is 5.88 Å². The number of benzene rings is 1. The number of nitro benzene ring substituents is 1. The fourth-order valence-electron chi connectivity index (χ4n) is 3.01. The number of halogens is 1. The molecule has 0 amide bonds. The third-order valence-electron chi connectivity index (χ3n) is 4.29. The summed E-state index contributed by atoms with van der Waals surface area (Å²) in [6.07, 6.45) is 3.05. The Bertz CT molecular complexity index is 826. The molecule has 1 aliphatic rings. The van der Waals surface area contributed by atoms with Crippen LogP contribution in [0.25, 0.3) is 0 Å². The molecule has 1 atom stereocenters. The third-order valence-corrected chi connectivity index (χ3v) is 4.51. The minimum Gasteiger partial charge on any atom is -0.472 e. The van der Waals surface area contributed by atoms with E-state index in [2.05, 4.69) is 4.98 Å². The maximum absolute atomic E-state index is 11.5. The first-order valence-electron chi connectivity index (χ1n) is 8.26. The molecule has 2 aromatic rings. The predicted molar refractivity (Wildman–Crippen MR) is 98.2 cm³/mol. The van der Waals surface area contributed by atoms with Gasteiger partial charge in [-0.3, -0.25) is 14.9 Å². The third kappa shape index (κ3) is 4.11. The lowest BCUT2D eigenvalue weighted by Gasteiger charge is -2.33. The summed E-state index contributed by atoms with van der Waals surface area (Å²) in [5, 5.41) is 12.0. The molecule has 0 aliphatic carbocycles. The molecule has 8 heteroatoms. The molecule has 1 saturated heterocycles. The van der Waals surface area contributed by atoms with Crippen molar-refractivity contribution < 1.29 is 14.5 Å². The maximum Gasteiger partial charge on any atom is 0.293 e. The van der Waals surface area contributed by atoms with Gasteiger partial charge in [-0.2, -0.15) is 0 Å². The highest BCUT2D eigenvalue weighted by molar-refractivity contribution is 6.30. The topological polar surface area (TPSA) is 85.6 Å². The molecular weight excluding hydrogens is 358 g/mol. The van der Waals surface area contributed by atoms with Crippen LogP contribution < -0.4 is 9.64 Å². The van der Waals surface area contributed by atoms with Crippen molar-refractivity contribution in [1.29, 1.82) is 0 Å². The van der Waals surface area contributed by atoms with Gasteiger partial charge < -0.3 is 9.64 Å². The summed E-state index contributed by atoms with van der Waals surface area (Å²) in [5.74, 6) is 0.274. The zero-order chi connectivity index (χ0) is 18.7. The van der Waals surface area contributed by atoms with Gasteiger partial charge in [0.05, 0.1) is 16.5 Å². The average Bonchev–Trinajstić information content (AvgIpc) is 2.63. The van der Waals surface area contributed by atoms with Gasteiger partial charge in [0.1, 0.15) is 11.8 Å². The van der Waals surface area contributed by atoms with Crippen LogP contribution in [0.5, 0.6) is 5.88 Å². The SMILES string of the molecule is CC(=O)c1ccc(N2CCCC(Oc3ccc(Cl)cn3)C2)c([N+](=O)[O-])c1. The average molecular weight is 376 g/mol. The van der Waals surface area contributed by atoms with Crippen molar-refractivity contribution in [2.24, 2.45) is 0 Å². The number of aromatic nitrogens is 1. The Morgan fingerprint density at radius 1 is 1.38 bits per heavy atom. The number of rotatable bonds is 5. The summed E-state index contributed by atoms with van der Waals surface area (Å²) in [5.41, 5.74) is 0.760. The van der Waals surface area contributed by atoms with Gasteiger partial charge in [0, 0.05) is 30.4 Å². The van der Waals surface area contributed by atoms with E-state index in [-0.39, 0.29) is 17.6 Å². The maximum atomic E-state index is 11.5. The Morgan fingerprint density at radius 3 is 2.85 bits per heavy atom. The molecule has 7 nitrogen and oxygen atoms in total. The fourth-order valence-corrected chi connectivity index (χ4v) is 3.12. The van der Waals surface area contributed by atoms with Gasteiger partial charge in [0.15, 0.2) is 5.78 Å². The zero-order valence-corrected chi connectivity index (χ0v) is 15.0. The van der Waals surface area contributed by atoms with Crippen LogP contribution in [0, 0.1) is 10.1 Å². The highest BCUT2D eigenvalue weighted by atomic mass is 35.5. The van der Waals surface area contributed by atoms with E-state index in [0.717, 1.165) is 12.8 Å². The number of pyridine rings is 1. The van der Waals surface area contributed by atoms with E-state index in [0.29, 0.717) is 35.2 Å². The van der Waals surface area contributed by atoms with Crippen LogP contribution in [0.15, 0.2) is 36.5 Å². The number of carbonyl (C=O) groups excluding carboxylic acids is 1. The number of Topliss-reactive ketones (excluding diaryl/α,β-unsaturated/α-hetero) is 1. The van der Waals surface area contributed by atoms with Gasteiger partial charge >= 0.3 is 0 Å². The van der Waals surface area contributed by atoms with Crippen LogP contribution in [-0.2, 0) is 0 Å². The van der Waals surface area contributed by atoms with Crippen molar-refractivity contribution in [2.45, 2.75) is 25.9 Å². The highest BCUT2D eigenvalue weighted by Crippen LogP contribution is 2.32. The molecular formula is C18H18ClN3O4. The normalized spacial score (nSPS) is 17.0. The van der Waals surface area contributed by atoms with Crippen molar-refractivity contribution in [3.05, 3.63) is 57.2 Å².